The minimum absolute atomic E-state index is 0.0783. The Bertz CT molecular complexity index is 389. The number of hydrogen-bond donors (Lipinski definition) is 1. The molecule has 1 aromatic rings. The first-order valence-corrected chi connectivity index (χ1v) is 7.90. The number of anilines is 1. The van der Waals surface area contributed by atoms with Gasteiger partial charge in [0.25, 0.3) is 0 Å². The van der Waals surface area contributed by atoms with Gasteiger partial charge in [0, 0.05) is 35.0 Å². The molecule has 2 unspecified atom stereocenters. The number of rotatable bonds is 3. The van der Waals surface area contributed by atoms with E-state index < -0.39 is 0 Å². The Hall–Kier alpha value is -0.190. The summed E-state index contributed by atoms with van der Waals surface area (Å²) in [6.45, 7) is 2.05. The Labute approximate surface area is 116 Å². The second-order valence-corrected chi connectivity index (χ2v) is 6.69. The third-order valence-electron chi connectivity index (χ3n) is 3.32. The van der Waals surface area contributed by atoms with Gasteiger partial charge in [-0.25, -0.2) is 0 Å². The molecule has 17 heavy (non-hydrogen) atoms. The molecule has 94 valence electrons. The predicted molar refractivity (Wildman–Crippen MR) is 80.9 cm³/mol. The van der Waals surface area contributed by atoms with Gasteiger partial charge >= 0.3 is 0 Å². The van der Waals surface area contributed by atoms with Crippen LogP contribution < -0.4 is 10.6 Å². The van der Waals surface area contributed by atoms with Crippen molar-refractivity contribution in [3.63, 3.8) is 0 Å². The molecule has 1 aromatic carbocycles. The molecule has 1 saturated heterocycles. The van der Waals surface area contributed by atoms with Gasteiger partial charge in [-0.15, -0.1) is 0 Å². The van der Waals surface area contributed by atoms with Crippen molar-refractivity contribution in [1.82, 2.24) is 0 Å². The number of nitrogens with two attached hydrogens (primary N) is 1. The number of hydrogen-bond acceptors (Lipinski definition) is 3. The van der Waals surface area contributed by atoms with E-state index in [1.165, 1.54) is 29.2 Å². The molecule has 0 aliphatic carbocycles. The maximum absolute atomic E-state index is 6.05. The maximum Gasteiger partial charge on any atom is 0.0426 e. The molecule has 0 saturated carbocycles. The molecule has 1 aliphatic rings. The van der Waals surface area contributed by atoms with Gasteiger partial charge in [-0.2, -0.15) is 11.8 Å². The van der Waals surface area contributed by atoms with Gasteiger partial charge in [0.1, 0.15) is 0 Å². The monoisotopic (exact) mass is 314 g/mol. The van der Waals surface area contributed by atoms with Crippen LogP contribution in [0.3, 0.4) is 0 Å². The van der Waals surface area contributed by atoms with Crippen molar-refractivity contribution in [2.45, 2.75) is 25.4 Å². The van der Waals surface area contributed by atoms with Crippen LogP contribution in [0, 0.1) is 0 Å². The van der Waals surface area contributed by atoms with Gasteiger partial charge in [-0.1, -0.05) is 22.0 Å². The van der Waals surface area contributed by atoms with Crippen molar-refractivity contribution in [3.8, 4) is 0 Å². The standard InChI is InChI=1S/C13H19BrN2S/c1-9(15)12-4-3-10(14)7-13(12)16(2)11-5-6-17-8-11/h3-4,7,9,11H,5-6,8,15H2,1-2H3. The van der Waals surface area contributed by atoms with E-state index in [9.17, 15) is 0 Å². The normalized spacial score (nSPS) is 21.5. The van der Waals surface area contributed by atoms with E-state index in [1.807, 2.05) is 18.7 Å². The van der Waals surface area contributed by atoms with Crippen LogP contribution in [-0.2, 0) is 0 Å². The third-order valence-corrected chi connectivity index (χ3v) is 4.95. The van der Waals surface area contributed by atoms with E-state index in [1.54, 1.807) is 0 Å². The average molecular weight is 315 g/mol. The topological polar surface area (TPSA) is 29.3 Å². The summed E-state index contributed by atoms with van der Waals surface area (Å²) < 4.78 is 1.12. The molecule has 1 fully saturated rings. The van der Waals surface area contributed by atoms with Crippen molar-refractivity contribution < 1.29 is 0 Å². The average Bonchev–Trinajstić information content (AvgIpc) is 2.80. The van der Waals surface area contributed by atoms with Crippen LogP contribution in [-0.4, -0.2) is 24.6 Å². The van der Waals surface area contributed by atoms with Gasteiger partial charge in [0.05, 0.1) is 0 Å². The first-order valence-electron chi connectivity index (χ1n) is 5.95. The number of halogens is 1. The van der Waals surface area contributed by atoms with E-state index in [0.717, 1.165) is 4.47 Å². The summed E-state index contributed by atoms with van der Waals surface area (Å²) in [5.41, 5.74) is 8.55. The molecule has 0 aromatic heterocycles. The molecule has 2 rings (SSSR count). The molecular formula is C13H19BrN2S. The minimum Gasteiger partial charge on any atom is -0.370 e. The SMILES string of the molecule is CC(N)c1ccc(Br)cc1N(C)C1CCSC1. The highest BCUT2D eigenvalue weighted by atomic mass is 79.9. The molecule has 0 radical (unpaired) electrons. The van der Waals surface area contributed by atoms with Crippen LogP contribution in [0.2, 0.25) is 0 Å². The molecule has 4 heteroatoms. The number of benzene rings is 1. The Morgan fingerprint density at radius 1 is 1.53 bits per heavy atom. The lowest BCUT2D eigenvalue weighted by molar-refractivity contribution is 0.690. The first-order chi connectivity index (χ1) is 8.09. The summed E-state index contributed by atoms with van der Waals surface area (Å²) in [5.74, 6) is 2.50. The van der Waals surface area contributed by atoms with Crippen LogP contribution in [0.5, 0.6) is 0 Å². The van der Waals surface area contributed by atoms with E-state index in [-0.39, 0.29) is 6.04 Å². The first kappa shape index (κ1) is 13.2. The van der Waals surface area contributed by atoms with Crippen LogP contribution in [0.1, 0.15) is 24.9 Å². The molecule has 2 atom stereocenters. The maximum atomic E-state index is 6.05. The molecule has 1 aliphatic heterocycles. The lowest BCUT2D eigenvalue weighted by atomic mass is 10.0. The lowest BCUT2D eigenvalue weighted by Crippen LogP contribution is -2.32. The zero-order valence-corrected chi connectivity index (χ0v) is 12.7. The largest absolute Gasteiger partial charge is 0.370 e. The molecule has 2 nitrogen and oxygen atoms in total. The van der Waals surface area contributed by atoms with Crippen LogP contribution in [0.4, 0.5) is 5.69 Å². The summed E-state index contributed by atoms with van der Waals surface area (Å²) >= 11 is 5.59. The van der Waals surface area contributed by atoms with Gasteiger partial charge < -0.3 is 10.6 Å². The fraction of sp³-hybridized carbons (Fsp3) is 0.538. The van der Waals surface area contributed by atoms with Crippen molar-refractivity contribution in [2.75, 3.05) is 23.5 Å². The third kappa shape index (κ3) is 2.98. The Kier molecular flexibility index (Phi) is 4.39. The van der Waals surface area contributed by atoms with Gasteiger partial charge in [-0.3, -0.25) is 0 Å². The van der Waals surface area contributed by atoms with E-state index in [4.69, 9.17) is 5.73 Å². The minimum atomic E-state index is 0.0783. The summed E-state index contributed by atoms with van der Waals surface area (Å²) in [5, 5.41) is 0. The summed E-state index contributed by atoms with van der Waals surface area (Å²) in [7, 11) is 2.18. The highest BCUT2D eigenvalue weighted by Gasteiger charge is 2.22. The zero-order chi connectivity index (χ0) is 12.4. The van der Waals surface area contributed by atoms with Gasteiger partial charge in [0.2, 0.25) is 0 Å². The highest BCUT2D eigenvalue weighted by Crippen LogP contribution is 2.32. The molecule has 2 N–H and O–H groups in total. The quantitative estimate of drug-likeness (QED) is 0.927. The van der Waals surface area contributed by atoms with Crippen molar-refractivity contribution in [1.29, 1.82) is 0 Å². The molecule has 1 heterocycles. The van der Waals surface area contributed by atoms with Crippen molar-refractivity contribution in [3.05, 3.63) is 28.2 Å². The van der Waals surface area contributed by atoms with Crippen LogP contribution in [0.25, 0.3) is 0 Å². The van der Waals surface area contributed by atoms with Crippen LogP contribution in [0.15, 0.2) is 22.7 Å². The Morgan fingerprint density at radius 2 is 2.29 bits per heavy atom. The fourth-order valence-electron chi connectivity index (χ4n) is 2.23. The van der Waals surface area contributed by atoms with E-state index in [0.29, 0.717) is 6.04 Å². The zero-order valence-electron chi connectivity index (χ0n) is 10.3. The van der Waals surface area contributed by atoms with Gasteiger partial charge in [-0.05, 0) is 36.8 Å². The number of nitrogens with zero attached hydrogens (tertiary/aromatic N) is 1. The second kappa shape index (κ2) is 5.63. The Morgan fingerprint density at radius 3 is 2.88 bits per heavy atom. The van der Waals surface area contributed by atoms with E-state index >= 15 is 0 Å². The second-order valence-electron chi connectivity index (χ2n) is 4.62. The molecule has 0 bridgehead atoms. The summed E-state index contributed by atoms with van der Waals surface area (Å²) in [4.78, 5) is 2.39. The molecule has 0 amide bonds. The summed E-state index contributed by atoms with van der Waals surface area (Å²) in [6, 6.07) is 7.10. The lowest BCUT2D eigenvalue weighted by Gasteiger charge is -2.29. The van der Waals surface area contributed by atoms with E-state index in [2.05, 4.69) is 46.1 Å². The van der Waals surface area contributed by atoms with Crippen molar-refractivity contribution in [2.24, 2.45) is 5.73 Å². The van der Waals surface area contributed by atoms with Gasteiger partial charge in [0.15, 0.2) is 0 Å². The number of thioether (sulfide) groups is 1. The molecular weight excluding hydrogens is 296 g/mol. The smallest absolute Gasteiger partial charge is 0.0426 e. The predicted octanol–water partition coefficient (Wildman–Crippen LogP) is 3.41. The summed E-state index contributed by atoms with van der Waals surface area (Å²) in [6.07, 6.45) is 1.27. The highest BCUT2D eigenvalue weighted by molar-refractivity contribution is 9.10. The fourth-order valence-corrected chi connectivity index (χ4v) is 3.85. The molecule has 0 spiro atoms. The Balaban J connectivity index is 2.31. The van der Waals surface area contributed by atoms with Crippen LogP contribution >= 0.6 is 27.7 Å². The van der Waals surface area contributed by atoms with Crippen molar-refractivity contribution >= 4 is 33.4 Å².